The number of sulfonamides is 1. The molecule has 13 heteroatoms. The van der Waals surface area contributed by atoms with Gasteiger partial charge in [0, 0.05) is 25.2 Å². The van der Waals surface area contributed by atoms with Gasteiger partial charge in [0.15, 0.2) is 5.13 Å². The number of amides is 1. The zero-order valence-electron chi connectivity index (χ0n) is 25.6. The van der Waals surface area contributed by atoms with Crippen molar-refractivity contribution < 1.29 is 27.9 Å². The van der Waals surface area contributed by atoms with Crippen LogP contribution in [0.3, 0.4) is 0 Å². The van der Waals surface area contributed by atoms with E-state index < -0.39 is 21.9 Å². The first kappa shape index (κ1) is 31.8. The van der Waals surface area contributed by atoms with E-state index in [2.05, 4.69) is 20.2 Å². The third kappa shape index (κ3) is 7.16. The van der Waals surface area contributed by atoms with Gasteiger partial charge in [0.1, 0.15) is 10.3 Å². The van der Waals surface area contributed by atoms with Crippen molar-refractivity contribution in [2.24, 2.45) is 11.8 Å². The van der Waals surface area contributed by atoms with Crippen LogP contribution in [0.2, 0.25) is 0 Å². The minimum atomic E-state index is -3.68. The summed E-state index contributed by atoms with van der Waals surface area (Å²) in [6.07, 6.45) is 7.96. The molecule has 45 heavy (non-hydrogen) atoms. The number of nitrogens with one attached hydrogen (secondary N) is 1. The highest BCUT2D eigenvalue weighted by molar-refractivity contribution is 7.89. The maximum Gasteiger partial charge on any atom is 0.306 e. The zero-order valence-corrected chi connectivity index (χ0v) is 27.2. The van der Waals surface area contributed by atoms with Gasteiger partial charge in [0.25, 0.3) is 0 Å². The van der Waals surface area contributed by atoms with Crippen molar-refractivity contribution in [3.8, 4) is 5.88 Å². The first-order valence-corrected chi connectivity index (χ1v) is 18.2. The molecule has 0 bridgehead atoms. The first-order valence-electron chi connectivity index (χ1n) is 15.9. The number of anilines is 1. The fraction of sp³-hybridized carbons (Fsp3) is 0.562. The summed E-state index contributed by atoms with van der Waals surface area (Å²) in [6, 6.07) is 10.7. The number of nitrogens with zero attached hydrogens (tertiary/aromatic N) is 4. The predicted octanol–water partition coefficient (Wildman–Crippen LogP) is 4.95. The molecule has 6 rings (SSSR count). The Kier molecular flexibility index (Phi) is 9.69. The number of ether oxygens (including phenoxy) is 1. The number of carboxylic acids is 1. The number of carboxylic acid groups (broad SMARTS) is 1. The van der Waals surface area contributed by atoms with E-state index in [-0.39, 0.29) is 22.8 Å². The van der Waals surface area contributed by atoms with Crippen molar-refractivity contribution in [1.82, 2.24) is 19.2 Å². The number of aliphatic carboxylic acids is 1. The Hall–Kier alpha value is -3.13. The molecule has 2 N–H and O–H groups in total. The fourth-order valence-corrected chi connectivity index (χ4v) is 9.42. The van der Waals surface area contributed by atoms with Crippen LogP contribution in [0.5, 0.6) is 5.88 Å². The van der Waals surface area contributed by atoms with Crippen LogP contribution in [0, 0.1) is 11.8 Å². The van der Waals surface area contributed by atoms with Gasteiger partial charge in [-0.2, -0.15) is 4.31 Å². The Balaban J connectivity index is 1.12. The summed E-state index contributed by atoms with van der Waals surface area (Å²) in [7, 11) is -2.12. The van der Waals surface area contributed by atoms with Crippen molar-refractivity contribution in [2.45, 2.75) is 74.6 Å². The van der Waals surface area contributed by atoms with Gasteiger partial charge in [-0.05, 0) is 74.9 Å². The average molecular weight is 656 g/mol. The molecule has 1 atom stereocenters. The van der Waals surface area contributed by atoms with Crippen molar-refractivity contribution >= 4 is 48.7 Å². The smallest absolute Gasteiger partial charge is 0.306 e. The van der Waals surface area contributed by atoms with E-state index in [1.165, 1.54) is 24.2 Å². The number of likely N-dealkylation sites (tertiary alicyclic amines) is 1. The standard InChI is InChI=1S/C32H41N5O6S2/c1-43-28-11-10-27-30(34-28)44-32(33-27)35-29(38)26(20-21-4-2-3-5-21)22-6-8-25(9-7-22)45(41,42)37-18-14-24(15-19-37)36-16-12-23(13-17-36)31(39)40/h6-11,21,23-24,26H,2-5,12-20H2,1H3,(H,39,40)(H,33,35,38). The van der Waals surface area contributed by atoms with E-state index in [1.54, 1.807) is 41.7 Å². The molecule has 11 nitrogen and oxygen atoms in total. The molecule has 1 unspecified atom stereocenters. The lowest BCUT2D eigenvalue weighted by Crippen LogP contribution is -2.49. The summed E-state index contributed by atoms with van der Waals surface area (Å²) >= 11 is 1.30. The summed E-state index contributed by atoms with van der Waals surface area (Å²) in [5.41, 5.74) is 1.48. The molecule has 4 heterocycles. The number of aromatic nitrogens is 2. The van der Waals surface area contributed by atoms with E-state index in [0.29, 0.717) is 59.6 Å². The summed E-state index contributed by atoms with van der Waals surface area (Å²) in [5, 5.41) is 12.8. The maximum absolute atomic E-state index is 13.7. The second-order valence-electron chi connectivity index (χ2n) is 12.5. The van der Waals surface area contributed by atoms with E-state index in [9.17, 15) is 23.1 Å². The van der Waals surface area contributed by atoms with Gasteiger partial charge in [0.2, 0.25) is 21.8 Å². The summed E-state index contributed by atoms with van der Waals surface area (Å²) in [4.78, 5) is 37.2. The molecule has 242 valence electrons. The molecule has 1 amide bonds. The first-order chi connectivity index (χ1) is 21.7. The molecule has 3 fully saturated rings. The van der Waals surface area contributed by atoms with Gasteiger partial charge in [-0.1, -0.05) is 49.2 Å². The van der Waals surface area contributed by atoms with Crippen LogP contribution in [-0.4, -0.2) is 83.9 Å². The molecule has 1 saturated carbocycles. The number of methoxy groups -OCH3 is 1. The Morgan fingerprint density at radius 1 is 0.978 bits per heavy atom. The molecule has 2 aliphatic heterocycles. The number of hydrogen-bond donors (Lipinski definition) is 2. The van der Waals surface area contributed by atoms with Gasteiger partial charge in [-0.15, -0.1) is 0 Å². The number of benzene rings is 1. The quantitative estimate of drug-likeness (QED) is 0.310. The number of piperidine rings is 2. The van der Waals surface area contributed by atoms with Crippen molar-refractivity contribution in [2.75, 3.05) is 38.6 Å². The molecule has 0 spiro atoms. The number of hydrogen-bond acceptors (Lipinski definition) is 9. The van der Waals surface area contributed by atoms with E-state index in [0.717, 1.165) is 44.3 Å². The lowest BCUT2D eigenvalue weighted by atomic mass is 9.87. The van der Waals surface area contributed by atoms with Crippen LogP contribution in [-0.2, 0) is 19.6 Å². The lowest BCUT2D eigenvalue weighted by Gasteiger charge is -2.40. The number of carbonyl (C=O) groups is 2. The minimum Gasteiger partial charge on any atom is -0.481 e. The Labute approximate surface area is 268 Å². The molecular weight excluding hydrogens is 615 g/mol. The monoisotopic (exact) mass is 655 g/mol. The van der Waals surface area contributed by atoms with Gasteiger partial charge in [0.05, 0.1) is 23.8 Å². The van der Waals surface area contributed by atoms with Crippen LogP contribution in [0.4, 0.5) is 5.13 Å². The second-order valence-corrected chi connectivity index (χ2v) is 15.4. The van der Waals surface area contributed by atoms with Crippen LogP contribution in [0.1, 0.15) is 69.3 Å². The molecule has 0 radical (unpaired) electrons. The highest BCUT2D eigenvalue weighted by Crippen LogP contribution is 2.36. The van der Waals surface area contributed by atoms with E-state index >= 15 is 0 Å². The zero-order chi connectivity index (χ0) is 31.6. The van der Waals surface area contributed by atoms with Crippen LogP contribution in [0.15, 0.2) is 41.3 Å². The largest absolute Gasteiger partial charge is 0.481 e. The maximum atomic E-state index is 13.7. The Bertz CT molecular complexity index is 1610. The topological polar surface area (TPSA) is 142 Å². The van der Waals surface area contributed by atoms with E-state index in [4.69, 9.17) is 4.74 Å². The molecule has 2 saturated heterocycles. The summed E-state index contributed by atoms with van der Waals surface area (Å²) in [5.74, 6) is -0.651. The number of thiazole rings is 1. The Morgan fingerprint density at radius 3 is 2.31 bits per heavy atom. The molecule has 3 aliphatic rings. The van der Waals surface area contributed by atoms with Crippen molar-refractivity contribution in [3.63, 3.8) is 0 Å². The number of fused-ring (bicyclic) bond motifs is 1. The second kappa shape index (κ2) is 13.7. The summed E-state index contributed by atoms with van der Waals surface area (Å²) < 4.78 is 34.0. The van der Waals surface area contributed by atoms with E-state index in [1.807, 2.05) is 6.07 Å². The van der Waals surface area contributed by atoms with Crippen molar-refractivity contribution in [1.29, 1.82) is 0 Å². The SMILES string of the molecule is COc1ccc2nc(NC(=O)C(CC3CCCC3)c3ccc(S(=O)(=O)N4CCC(N5CCC(C(=O)O)CC5)CC4)cc3)sc2n1. The highest BCUT2D eigenvalue weighted by Gasteiger charge is 2.35. The number of rotatable bonds is 10. The number of carbonyl (C=O) groups excluding carboxylic acids is 1. The van der Waals surface area contributed by atoms with Gasteiger partial charge < -0.3 is 20.1 Å². The predicted molar refractivity (Wildman–Crippen MR) is 172 cm³/mol. The molecule has 1 aromatic carbocycles. The van der Waals surface area contributed by atoms with Crippen LogP contribution < -0.4 is 10.1 Å². The molecule has 3 aromatic rings. The van der Waals surface area contributed by atoms with Gasteiger partial charge in [-0.3, -0.25) is 9.59 Å². The fourth-order valence-electron chi connectivity index (χ4n) is 7.11. The average Bonchev–Trinajstić information content (AvgIpc) is 3.73. The molecule has 2 aromatic heterocycles. The van der Waals surface area contributed by atoms with Crippen LogP contribution >= 0.6 is 11.3 Å². The van der Waals surface area contributed by atoms with Crippen molar-refractivity contribution in [3.05, 3.63) is 42.0 Å². The highest BCUT2D eigenvalue weighted by atomic mass is 32.2. The Morgan fingerprint density at radius 2 is 1.67 bits per heavy atom. The third-order valence-corrected chi connectivity index (χ3v) is 12.6. The molecule has 1 aliphatic carbocycles. The normalized spacial score (nSPS) is 20.4. The van der Waals surface area contributed by atoms with Gasteiger partial charge >= 0.3 is 5.97 Å². The molecular formula is C32H41N5O6S2. The van der Waals surface area contributed by atoms with Gasteiger partial charge in [-0.25, -0.2) is 18.4 Å². The summed E-state index contributed by atoms with van der Waals surface area (Å²) in [6.45, 7) is 2.36. The lowest BCUT2D eigenvalue weighted by molar-refractivity contribution is -0.143. The minimum absolute atomic E-state index is 0.155. The van der Waals surface area contributed by atoms with Crippen LogP contribution in [0.25, 0.3) is 10.3 Å². The number of pyridine rings is 1. The third-order valence-electron chi connectivity index (χ3n) is 9.77.